The molecule has 0 aliphatic heterocycles. The van der Waals surface area contributed by atoms with E-state index in [0.717, 1.165) is 22.3 Å². The highest BCUT2D eigenvalue weighted by Gasteiger charge is 2.08. The van der Waals surface area contributed by atoms with Crippen LogP contribution in [0.15, 0.2) is 49.1 Å². The fourth-order valence-corrected chi connectivity index (χ4v) is 1.78. The second kappa shape index (κ2) is 5.56. The molecule has 2 aromatic carbocycles. The molecule has 1 unspecified atom stereocenters. The Morgan fingerprint density at radius 3 is 2.83 bits per heavy atom. The van der Waals surface area contributed by atoms with E-state index in [4.69, 9.17) is 14.6 Å². The summed E-state index contributed by atoms with van der Waals surface area (Å²) in [6, 6.07) is 11.6. The number of methoxy groups -OCH3 is 1. The van der Waals surface area contributed by atoms with Crippen molar-refractivity contribution in [2.24, 2.45) is 0 Å². The summed E-state index contributed by atoms with van der Waals surface area (Å²) in [5.41, 5.74) is 0. The number of aliphatic hydroxyl groups is 1. The molecule has 3 heteroatoms. The van der Waals surface area contributed by atoms with E-state index in [9.17, 15) is 0 Å². The number of hydrogen-bond acceptors (Lipinski definition) is 3. The molecule has 0 aliphatic carbocycles. The van der Waals surface area contributed by atoms with E-state index >= 15 is 0 Å². The van der Waals surface area contributed by atoms with E-state index in [0.29, 0.717) is 0 Å². The Labute approximate surface area is 106 Å². The zero-order valence-corrected chi connectivity index (χ0v) is 10.3. The number of benzene rings is 2. The lowest BCUT2D eigenvalue weighted by atomic mass is 10.1. The standard InChI is InChI=1S/C15H16O3/c1-3-12(10-16)18-15-6-4-5-11-9-13(17-2)7-8-14(11)15/h3-9,12,16H,1,10H2,2H3. The van der Waals surface area contributed by atoms with E-state index in [1.807, 2.05) is 36.4 Å². The Kier molecular flexibility index (Phi) is 3.85. The van der Waals surface area contributed by atoms with Crippen molar-refractivity contribution in [1.29, 1.82) is 0 Å². The Hall–Kier alpha value is -2.00. The van der Waals surface area contributed by atoms with Crippen LogP contribution in [0.25, 0.3) is 10.8 Å². The molecule has 18 heavy (non-hydrogen) atoms. The Balaban J connectivity index is 2.42. The summed E-state index contributed by atoms with van der Waals surface area (Å²) in [5, 5.41) is 11.1. The highest BCUT2D eigenvalue weighted by molar-refractivity contribution is 5.89. The number of aliphatic hydroxyl groups excluding tert-OH is 1. The summed E-state index contributed by atoms with van der Waals surface area (Å²) in [6.07, 6.45) is 1.19. The maximum atomic E-state index is 9.13. The van der Waals surface area contributed by atoms with E-state index in [2.05, 4.69) is 6.58 Å². The first-order chi connectivity index (χ1) is 8.78. The quantitative estimate of drug-likeness (QED) is 0.822. The maximum Gasteiger partial charge on any atom is 0.140 e. The molecule has 0 amide bonds. The van der Waals surface area contributed by atoms with Gasteiger partial charge in [0.05, 0.1) is 13.7 Å². The van der Waals surface area contributed by atoms with Crippen molar-refractivity contribution in [3.8, 4) is 11.5 Å². The van der Waals surface area contributed by atoms with Crippen LogP contribution < -0.4 is 9.47 Å². The molecule has 0 aliphatic rings. The van der Waals surface area contributed by atoms with Crippen LogP contribution in [0, 0.1) is 0 Å². The molecule has 0 fully saturated rings. The fraction of sp³-hybridized carbons (Fsp3) is 0.200. The van der Waals surface area contributed by atoms with Crippen LogP contribution in [-0.4, -0.2) is 24.9 Å². The Bertz CT molecular complexity index is 548. The monoisotopic (exact) mass is 244 g/mol. The number of rotatable bonds is 5. The zero-order chi connectivity index (χ0) is 13.0. The molecular weight excluding hydrogens is 228 g/mol. The van der Waals surface area contributed by atoms with Gasteiger partial charge in [-0.1, -0.05) is 18.7 Å². The first-order valence-electron chi connectivity index (χ1n) is 5.75. The summed E-state index contributed by atoms with van der Waals surface area (Å²) >= 11 is 0. The Morgan fingerprint density at radius 2 is 2.17 bits per heavy atom. The van der Waals surface area contributed by atoms with E-state index in [-0.39, 0.29) is 6.61 Å². The van der Waals surface area contributed by atoms with Crippen molar-refractivity contribution < 1.29 is 14.6 Å². The molecule has 1 N–H and O–H groups in total. The maximum absolute atomic E-state index is 9.13. The molecule has 0 saturated heterocycles. The number of fused-ring (bicyclic) bond motifs is 1. The third-order valence-corrected chi connectivity index (χ3v) is 2.77. The number of hydrogen-bond donors (Lipinski definition) is 1. The normalized spacial score (nSPS) is 12.1. The molecule has 0 aromatic heterocycles. The zero-order valence-electron chi connectivity index (χ0n) is 10.3. The second-order valence-corrected chi connectivity index (χ2v) is 3.92. The number of ether oxygens (including phenoxy) is 2. The van der Waals surface area contributed by atoms with Crippen molar-refractivity contribution >= 4 is 10.8 Å². The van der Waals surface area contributed by atoms with Gasteiger partial charge >= 0.3 is 0 Å². The van der Waals surface area contributed by atoms with Gasteiger partial charge in [-0.2, -0.15) is 0 Å². The Morgan fingerprint density at radius 1 is 1.33 bits per heavy atom. The van der Waals surface area contributed by atoms with Gasteiger partial charge in [0.1, 0.15) is 17.6 Å². The predicted octanol–water partition coefficient (Wildman–Crippen LogP) is 2.77. The average Bonchev–Trinajstić information content (AvgIpc) is 2.44. The van der Waals surface area contributed by atoms with Crippen molar-refractivity contribution in [3.63, 3.8) is 0 Å². The van der Waals surface area contributed by atoms with Gasteiger partial charge in [0.25, 0.3) is 0 Å². The fourth-order valence-electron chi connectivity index (χ4n) is 1.78. The van der Waals surface area contributed by atoms with E-state index < -0.39 is 6.10 Å². The summed E-state index contributed by atoms with van der Waals surface area (Å²) < 4.78 is 10.9. The second-order valence-electron chi connectivity index (χ2n) is 3.92. The van der Waals surface area contributed by atoms with Gasteiger partial charge in [0.15, 0.2) is 0 Å². The highest BCUT2D eigenvalue weighted by Crippen LogP contribution is 2.29. The first kappa shape index (κ1) is 12.5. The SMILES string of the molecule is C=CC(CO)Oc1cccc2cc(OC)ccc12. The van der Waals surface area contributed by atoms with Crippen LogP contribution >= 0.6 is 0 Å². The van der Waals surface area contributed by atoms with Crippen molar-refractivity contribution in [3.05, 3.63) is 49.1 Å². The average molecular weight is 244 g/mol. The molecule has 94 valence electrons. The lowest BCUT2D eigenvalue weighted by molar-refractivity contribution is 0.151. The van der Waals surface area contributed by atoms with Gasteiger partial charge in [0.2, 0.25) is 0 Å². The van der Waals surface area contributed by atoms with Crippen LogP contribution in [0.1, 0.15) is 0 Å². The van der Waals surface area contributed by atoms with Gasteiger partial charge in [-0.25, -0.2) is 0 Å². The van der Waals surface area contributed by atoms with Gasteiger partial charge in [-0.15, -0.1) is 0 Å². The summed E-state index contributed by atoms with van der Waals surface area (Å²) in [5.74, 6) is 1.54. The molecule has 2 rings (SSSR count). The molecule has 0 spiro atoms. The van der Waals surface area contributed by atoms with E-state index in [1.54, 1.807) is 13.2 Å². The van der Waals surface area contributed by atoms with E-state index in [1.165, 1.54) is 0 Å². The van der Waals surface area contributed by atoms with Crippen molar-refractivity contribution in [2.45, 2.75) is 6.10 Å². The minimum Gasteiger partial charge on any atom is -0.497 e. The molecule has 0 bridgehead atoms. The summed E-state index contributed by atoms with van der Waals surface area (Å²) in [6.45, 7) is 3.54. The van der Waals surface area contributed by atoms with Crippen molar-refractivity contribution in [1.82, 2.24) is 0 Å². The van der Waals surface area contributed by atoms with Gasteiger partial charge < -0.3 is 14.6 Å². The third-order valence-electron chi connectivity index (χ3n) is 2.77. The minimum absolute atomic E-state index is 0.0873. The third kappa shape index (κ3) is 2.46. The van der Waals surface area contributed by atoms with Crippen molar-refractivity contribution in [2.75, 3.05) is 13.7 Å². The molecular formula is C15H16O3. The highest BCUT2D eigenvalue weighted by atomic mass is 16.5. The van der Waals surface area contributed by atoms with Gasteiger partial charge in [0, 0.05) is 5.39 Å². The molecule has 0 saturated carbocycles. The molecule has 1 atom stereocenters. The molecule has 3 nitrogen and oxygen atoms in total. The van der Waals surface area contributed by atoms with Crippen LogP contribution in [0.3, 0.4) is 0 Å². The van der Waals surface area contributed by atoms with Gasteiger partial charge in [-0.05, 0) is 35.7 Å². The molecule has 0 radical (unpaired) electrons. The van der Waals surface area contributed by atoms with Crippen LogP contribution in [-0.2, 0) is 0 Å². The summed E-state index contributed by atoms with van der Waals surface area (Å²) in [7, 11) is 1.64. The smallest absolute Gasteiger partial charge is 0.140 e. The first-order valence-corrected chi connectivity index (χ1v) is 5.75. The molecule has 0 heterocycles. The largest absolute Gasteiger partial charge is 0.497 e. The lowest BCUT2D eigenvalue weighted by Gasteiger charge is -2.15. The predicted molar refractivity (Wildman–Crippen MR) is 72.2 cm³/mol. The van der Waals surface area contributed by atoms with Crippen LogP contribution in [0.4, 0.5) is 0 Å². The van der Waals surface area contributed by atoms with Gasteiger partial charge in [-0.3, -0.25) is 0 Å². The van der Waals surface area contributed by atoms with Crippen LogP contribution in [0.5, 0.6) is 11.5 Å². The topological polar surface area (TPSA) is 38.7 Å². The summed E-state index contributed by atoms with van der Waals surface area (Å²) in [4.78, 5) is 0. The minimum atomic E-state index is -0.391. The molecule has 2 aromatic rings. The lowest BCUT2D eigenvalue weighted by Crippen LogP contribution is -2.17. The van der Waals surface area contributed by atoms with Crippen LogP contribution in [0.2, 0.25) is 0 Å².